The molecule has 0 N–H and O–H groups in total. The van der Waals surface area contributed by atoms with Crippen LogP contribution in [0.15, 0.2) is 40.3 Å². The minimum Gasteiger partial charge on any atom is -0.497 e. The molecule has 0 aliphatic heterocycles. The standard InChI is InChI=1S/C15H17ClN2OS/c1-15(2,3)14-17-12(16)9-13(18-14)20-11-7-5-6-10(8-11)19-4/h5-9H,1-4H3. The summed E-state index contributed by atoms with van der Waals surface area (Å²) in [6, 6.07) is 9.63. The molecule has 2 rings (SSSR count). The molecule has 5 heteroatoms. The minimum absolute atomic E-state index is 0.130. The number of ether oxygens (including phenoxy) is 1. The van der Waals surface area contributed by atoms with Gasteiger partial charge in [0.05, 0.1) is 7.11 Å². The van der Waals surface area contributed by atoms with Crippen molar-refractivity contribution in [3.8, 4) is 5.75 Å². The van der Waals surface area contributed by atoms with E-state index < -0.39 is 0 Å². The van der Waals surface area contributed by atoms with E-state index in [0.717, 1.165) is 21.5 Å². The van der Waals surface area contributed by atoms with Crippen LogP contribution in [0.4, 0.5) is 0 Å². The summed E-state index contributed by atoms with van der Waals surface area (Å²) in [6.07, 6.45) is 0. The third kappa shape index (κ3) is 3.87. The van der Waals surface area contributed by atoms with E-state index in [1.54, 1.807) is 24.9 Å². The predicted molar refractivity (Wildman–Crippen MR) is 82.9 cm³/mol. The smallest absolute Gasteiger partial charge is 0.136 e. The average Bonchev–Trinajstić information content (AvgIpc) is 2.37. The number of aromatic nitrogens is 2. The molecule has 20 heavy (non-hydrogen) atoms. The van der Waals surface area contributed by atoms with Crippen LogP contribution in [0.25, 0.3) is 0 Å². The molecular weight excluding hydrogens is 292 g/mol. The van der Waals surface area contributed by atoms with Gasteiger partial charge < -0.3 is 4.74 Å². The van der Waals surface area contributed by atoms with Crippen LogP contribution in [0.2, 0.25) is 5.15 Å². The second-order valence-electron chi connectivity index (χ2n) is 5.38. The van der Waals surface area contributed by atoms with Gasteiger partial charge in [0.25, 0.3) is 0 Å². The number of halogens is 1. The van der Waals surface area contributed by atoms with Gasteiger partial charge >= 0.3 is 0 Å². The molecule has 1 aromatic heterocycles. The normalized spacial score (nSPS) is 11.4. The predicted octanol–water partition coefficient (Wildman–Crippen LogP) is 4.59. The van der Waals surface area contributed by atoms with Gasteiger partial charge in [-0.05, 0) is 18.2 Å². The van der Waals surface area contributed by atoms with Gasteiger partial charge in [-0.3, -0.25) is 0 Å². The monoisotopic (exact) mass is 308 g/mol. The van der Waals surface area contributed by atoms with Gasteiger partial charge in [-0.25, -0.2) is 9.97 Å². The molecule has 1 heterocycles. The second kappa shape index (κ2) is 6.02. The van der Waals surface area contributed by atoms with E-state index >= 15 is 0 Å². The third-order valence-corrected chi connectivity index (χ3v) is 3.71. The van der Waals surface area contributed by atoms with E-state index in [0.29, 0.717) is 5.15 Å². The lowest BCUT2D eigenvalue weighted by Gasteiger charge is -2.17. The van der Waals surface area contributed by atoms with Crippen molar-refractivity contribution in [2.24, 2.45) is 0 Å². The molecule has 0 saturated carbocycles. The number of nitrogens with zero attached hydrogens (tertiary/aromatic N) is 2. The molecule has 0 fully saturated rings. The first kappa shape index (κ1) is 15.1. The summed E-state index contributed by atoms with van der Waals surface area (Å²) >= 11 is 7.64. The Morgan fingerprint density at radius 1 is 1.15 bits per heavy atom. The van der Waals surface area contributed by atoms with Crippen molar-refractivity contribution in [1.82, 2.24) is 9.97 Å². The highest BCUT2D eigenvalue weighted by atomic mass is 35.5. The molecule has 0 bridgehead atoms. The highest BCUT2D eigenvalue weighted by Gasteiger charge is 2.19. The van der Waals surface area contributed by atoms with Gasteiger partial charge in [0.15, 0.2) is 0 Å². The molecule has 0 spiro atoms. The van der Waals surface area contributed by atoms with Crippen molar-refractivity contribution in [3.63, 3.8) is 0 Å². The van der Waals surface area contributed by atoms with Crippen LogP contribution in [0.1, 0.15) is 26.6 Å². The second-order valence-corrected chi connectivity index (χ2v) is 6.86. The topological polar surface area (TPSA) is 35.0 Å². The van der Waals surface area contributed by atoms with Crippen molar-refractivity contribution in [3.05, 3.63) is 41.3 Å². The lowest BCUT2D eigenvalue weighted by Crippen LogP contribution is -2.16. The maximum atomic E-state index is 6.09. The van der Waals surface area contributed by atoms with E-state index in [9.17, 15) is 0 Å². The zero-order valence-corrected chi connectivity index (χ0v) is 13.5. The minimum atomic E-state index is -0.130. The number of benzene rings is 1. The summed E-state index contributed by atoms with van der Waals surface area (Å²) in [7, 11) is 1.66. The highest BCUT2D eigenvalue weighted by Crippen LogP contribution is 2.31. The van der Waals surface area contributed by atoms with E-state index in [2.05, 4.69) is 30.7 Å². The SMILES string of the molecule is COc1cccc(Sc2cc(Cl)nc(C(C)(C)C)n2)c1. The lowest BCUT2D eigenvalue weighted by molar-refractivity contribution is 0.413. The van der Waals surface area contributed by atoms with Crippen LogP contribution in [0.5, 0.6) is 5.75 Å². The molecule has 2 aromatic rings. The number of rotatable bonds is 3. The maximum Gasteiger partial charge on any atom is 0.136 e. The Hall–Kier alpha value is -1.26. The number of hydrogen-bond donors (Lipinski definition) is 0. The summed E-state index contributed by atoms with van der Waals surface area (Å²) in [5.74, 6) is 1.57. The summed E-state index contributed by atoms with van der Waals surface area (Å²) in [4.78, 5) is 9.93. The Kier molecular flexibility index (Phi) is 4.55. The van der Waals surface area contributed by atoms with Crippen LogP contribution >= 0.6 is 23.4 Å². The van der Waals surface area contributed by atoms with E-state index in [4.69, 9.17) is 16.3 Å². The molecule has 0 atom stereocenters. The molecule has 3 nitrogen and oxygen atoms in total. The first-order valence-corrected chi connectivity index (χ1v) is 7.45. The van der Waals surface area contributed by atoms with Gasteiger partial charge in [-0.1, -0.05) is 50.2 Å². The molecule has 0 radical (unpaired) electrons. The zero-order chi connectivity index (χ0) is 14.8. The fourth-order valence-electron chi connectivity index (χ4n) is 1.57. The van der Waals surface area contributed by atoms with Crippen LogP contribution in [0.3, 0.4) is 0 Å². The summed E-state index contributed by atoms with van der Waals surface area (Å²) in [6.45, 7) is 6.20. The van der Waals surface area contributed by atoms with E-state index in [-0.39, 0.29) is 5.41 Å². The van der Waals surface area contributed by atoms with Gasteiger partial charge in [-0.2, -0.15) is 0 Å². The van der Waals surface area contributed by atoms with Crippen molar-refractivity contribution >= 4 is 23.4 Å². The van der Waals surface area contributed by atoms with Crippen LogP contribution in [-0.2, 0) is 5.41 Å². The van der Waals surface area contributed by atoms with Crippen LogP contribution < -0.4 is 4.74 Å². The van der Waals surface area contributed by atoms with E-state index in [1.807, 2.05) is 24.3 Å². The fraction of sp³-hybridized carbons (Fsp3) is 0.333. The van der Waals surface area contributed by atoms with Gasteiger partial charge in [0.1, 0.15) is 21.8 Å². The Morgan fingerprint density at radius 3 is 2.55 bits per heavy atom. The summed E-state index contributed by atoms with van der Waals surface area (Å²) < 4.78 is 5.22. The number of methoxy groups -OCH3 is 1. The summed E-state index contributed by atoms with van der Waals surface area (Å²) in [5.41, 5.74) is -0.130. The van der Waals surface area contributed by atoms with Gasteiger partial charge in [0.2, 0.25) is 0 Å². The Labute approximate surface area is 128 Å². The van der Waals surface area contributed by atoms with E-state index in [1.165, 1.54) is 0 Å². The Morgan fingerprint density at radius 2 is 1.90 bits per heavy atom. The average molecular weight is 309 g/mol. The van der Waals surface area contributed by atoms with Crippen molar-refractivity contribution < 1.29 is 4.74 Å². The van der Waals surface area contributed by atoms with Crippen molar-refractivity contribution in [2.45, 2.75) is 36.1 Å². The van der Waals surface area contributed by atoms with Gasteiger partial charge in [-0.15, -0.1) is 0 Å². The third-order valence-electron chi connectivity index (χ3n) is 2.61. The van der Waals surface area contributed by atoms with Gasteiger partial charge in [0, 0.05) is 16.4 Å². The lowest BCUT2D eigenvalue weighted by atomic mass is 9.96. The van der Waals surface area contributed by atoms with Crippen LogP contribution in [0, 0.1) is 0 Å². The molecular formula is C15H17ClN2OS. The maximum absolute atomic E-state index is 6.09. The zero-order valence-electron chi connectivity index (χ0n) is 12.0. The van der Waals surface area contributed by atoms with Crippen molar-refractivity contribution in [2.75, 3.05) is 7.11 Å². The largest absolute Gasteiger partial charge is 0.497 e. The van der Waals surface area contributed by atoms with Crippen molar-refractivity contribution in [1.29, 1.82) is 0 Å². The fourth-order valence-corrected chi connectivity index (χ4v) is 2.68. The first-order chi connectivity index (χ1) is 9.38. The first-order valence-electron chi connectivity index (χ1n) is 6.25. The molecule has 0 aliphatic rings. The summed E-state index contributed by atoms with van der Waals surface area (Å²) in [5, 5.41) is 1.30. The molecule has 0 saturated heterocycles. The molecule has 106 valence electrons. The highest BCUT2D eigenvalue weighted by molar-refractivity contribution is 7.99. The van der Waals surface area contributed by atoms with Crippen LogP contribution in [-0.4, -0.2) is 17.1 Å². The molecule has 0 aliphatic carbocycles. The molecule has 0 amide bonds. The quantitative estimate of drug-likeness (QED) is 0.777. The number of hydrogen-bond acceptors (Lipinski definition) is 4. The molecule has 0 unspecified atom stereocenters. The Bertz CT molecular complexity index is 611. The molecule has 1 aromatic carbocycles. The Balaban J connectivity index is 2.31.